The fourth-order valence-corrected chi connectivity index (χ4v) is 4.07. The fraction of sp³-hybridized carbons (Fsp3) is 0.211. The molecule has 140 valence electrons. The molecule has 0 aliphatic rings. The average Bonchev–Trinajstić information content (AvgIpc) is 3.28. The molecule has 0 fully saturated rings. The number of amides is 2. The number of hydrogen-bond donors (Lipinski definition) is 2. The van der Waals surface area contributed by atoms with Crippen molar-refractivity contribution >= 4 is 39.6 Å². The number of thiazole rings is 1. The zero-order chi connectivity index (χ0) is 19.2. The first kappa shape index (κ1) is 19.2. The predicted molar refractivity (Wildman–Crippen MR) is 106 cm³/mol. The Labute approximate surface area is 164 Å². The van der Waals surface area contributed by atoms with Crippen molar-refractivity contribution in [3.8, 4) is 10.6 Å². The molecule has 5 nitrogen and oxygen atoms in total. The summed E-state index contributed by atoms with van der Waals surface area (Å²) in [7, 11) is 0. The molecule has 2 amide bonds. The van der Waals surface area contributed by atoms with E-state index < -0.39 is 0 Å². The van der Waals surface area contributed by atoms with Crippen molar-refractivity contribution < 1.29 is 14.0 Å². The van der Waals surface area contributed by atoms with Gasteiger partial charge >= 0.3 is 0 Å². The second-order valence-electron chi connectivity index (χ2n) is 5.89. The summed E-state index contributed by atoms with van der Waals surface area (Å²) in [6.45, 7) is 1.98. The van der Waals surface area contributed by atoms with Gasteiger partial charge in [0.1, 0.15) is 5.82 Å². The number of hydrogen-bond acceptors (Lipinski definition) is 5. The van der Waals surface area contributed by atoms with E-state index in [1.807, 2.05) is 17.5 Å². The maximum absolute atomic E-state index is 12.9. The largest absolute Gasteiger partial charge is 0.351 e. The molecule has 1 aromatic carbocycles. The molecule has 0 unspecified atom stereocenters. The Morgan fingerprint density at radius 1 is 1.15 bits per heavy atom. The smallest absolute Gasteiger partial charge is 0.226 e. The molecule has 0 bridgehead atoms. The van der Waals surface area contributed by atoms with E-state index >= 15 is 0 Å². The van der Waals surface area contributed by atoms with Crippen molar-refractivity contribution in [2.24, 2.45) is 0 Å². The molecule has 2 N–H and O–H groups in total. The highest BCUT2D eigenvalue weighted by atomic mass is 32.1. The van der Waals surface area contributed by atoms with Gasteiger partial charge in [0, 0.05) is 23.6 Å². The molecular formula is C19H18FN3O2S2. The van der Waals surface area contributed by atoms with E-state index in [1.165, 1.54) is 30.4 Å². The van der Waals surface area contributed by atoms with Gasteiger partial charge in [-0.25, -0.2) is 9.37 Å². The summed E-state index contributed by atoms with van der Waals surface area (Å²) in [6.07, 6.45) is 0.849. The molecule has 0 aliphatic carbocycles. The van der Waals surface area contributed by atoms with Gasteiger partial charge in [-0.3, -0.25) is 9.59 Å². The third kappa shape index (κ3) is 5.70. The Bertz CT molecular complexity index is 935. The van der Waals surface area contributed by atoms with Crippen molar-refractivity contribution in [1.29, 1.82) is 0 Å². The van der Waals surface area contributed by atoms with Gasteiger partial charge in [0.25, 0.3) is 0 Å². The molecule has 3 aromatic rings. The normalized spacial score (nSPS) is 10.6. The summed E-state index contributed by atoms with van der Waals surface area (Å²) in [5, 5.41) is 8.01. The second-order valence-corrected chi connectivity index (χ2v) is 7.91. The van der Waals surface area contributed by atoms with Crippen LogP contribution in [0.5, 0.6) is 0 Å². The van der Waals surface area contributed by atoms with Crippen LogP contribution in [0.15, 0.2) is 41.8 Å². The first-order chi connectivity index (χ1) is 13.0. The van der Waals surface area contributed by atoms with E-state index in [-0.39, 0.29) is 17.6 Å². The van der Waals surface area contributed by atoms with Gasteiger partial charge in [0.15, 0.2) is 5.13 Å². The maximum atomic E-state index is 12.9. The molecule has 0 aliphatic heterocycles. The minimum absolute atomic E-state index is 0.0655. The molecule has 27 heavy (non-hydrogen) atoms. The van der Waals surface area contributed by atoms with Crippen LogP contribution < -0.4 is 10.6 Å². The minimum atomic E-state index is -0.285. The Hall–Kier alpha value is -2.58. The number of carbonyl (C=O) groups excluding carboxylic acids is 2. The van der Waals surface area contributed by atoms with Crippen LogP contribution in [0.2, 0.25) is 0 Å². The lowest BCUT2D eigenvalue weighted by Gasteiger charge is -2.02. The van der Waals surface area contributed by atoms with Crippen LogP contribution in [-0.4, -0.2) is 16.8 Å². The van der Waals surface area contributed by atoms with Crippen molar-refractivity contribution in [2.75, 3.05) is 5.32 Å². The molecule has 0 saturated heterocycles. The zero-order valence-electron chi connectivity index (χ0n) is 14.6. The van der Waals surface area contributed by atoms with Crippen molar-refractivity contribution in [3.05, 3.63) is 58.0 Å². The van der Waals surface area contributed by atoms with Gasteiger partial charge in [0.2, 0.25) is 11.8 Å². The van der Waals surface area contributed by atoms with Crippen molar-refractivity contribution in [2.45, 2.75) is 26.3 Å². The molecule has 2 aromatic heterocycles. The first-order valence-electron chi connectivity index (χ1n) is 8.33. The quantitative estimate of drug-likeness (QED) is 0.621. The van der Waals surface area contributed by atoms with Gasteiger partial charge in [-0.15, -0.1) is 22.7 Å². The molecule has 2 heterocycles. The van der Waals surface area contributed by atoms with E-state index in [1.54, 1.807) is 23.5 Å². The first-order valence-corrected chi connectivity index (χ1v) is 10.0. The van der Waals surface area contributed by atoms with E-state index in [2.05, 4.69) is 15.6 Å². The highest BCUT2D eigenvalue weighted by molar-refractivity contribution is 7.17. The molecule has 3 rings (SSSR count). The van der Waals surface area contributed by atoms with Crippen molar-refractivity contribution in [3.63, 3.8) is 0 Å². The molecule has 0 saturated carbocycles. The van der Waals surface area contributed by atoms with Crippen LogP contribution in [0.1, 0.15) is 23.8 Å². The van der Waals surface area contributed by atoms with Crippen LogP contribution in [0, 0.1) is 5.82 Å². The zero-order valence-corrected chi connectivity index (χ0v) is 16.3. The number of nitrogens with one attached hydrogen (secondary N) is 2. The van der Waals surface area contributed by atoms with E-state index in [0.717, 1.165) is 21.0 Å². The predicted octanol–water partition coefficient (Wildman–Crippen LogP) is 4.22. The van der Waals surface area contributed by atoms with Crippen LogP contribution in [0.4, 0.5) is 9.52 Å². The number of nitrogens with zero attached hydrogens (tertiary/aromatic N) is 1. The molecule has 0 atom stereocenters. The molecule has 0 radical (unpaired) electrons. The summed E-state index contributed by atoms with van der Waals surface area (Å²) in [4.78, 5) is 29.6. The number of rotatable bonds is 7. The van der Waals surface area contributed by atoms with Gasteiger partial charge in [-0.2, -0.15) is 0 Å². The van der Waals surface area contributed by atoms with Crippen LogP contribution in [0.3, 0.4) is 0 Å². The highest BCUT2D eigenvalue weighted by Gasteiger charge is 2.10. The summed E-state index contributed by atoms with van der Waals surface area (Å²) < 4.78 is 12.9. The second kappa shape index (κ2) is 8.88. The number of halogens is 1. The Balaban J connectivity index is 1.53. The van der Waals surface area contributed by atoms with Gasteiger partial charge in [-0.05, 0) is 36.2 Å². The lowest BCUT2D eigenvalue weighted by Crippen LogP contribution is -2.17. The van der Waals surface area contributed by atoms with E-state index in [4.69, 9.17) is 0 Å². The third-order valence-corrected chi connectivity index (χ3v) is 5.60. The number of carbonyl (C=O) groups is 2. The lowest BCUT2D eigenvalue weighted by atomic mass is 10.1. The van der Waals surface area contributed by atoms with E-state index in [9.17, 15) is 14.0 Å². The van der Waals surface area contributed by atoms with Crippen molar-refractivity contribution in [1.82, 2.24) is 10.3 Å². The molecule has 8 heteroatoms. The SMILES string of the molecule is CC(=O)NCc1ccc(-c2csc(NC(=O)CCc3ccc(F)cc3)n2)s1. The summed E-state index contributed by atoms with van der Waals surface area (Å²) in [5.74, 6) is -0.477. The lowest BCUT2D eigenvalue weighted by molar-refractivity contribution is -0.119. The number of benzene rings is 1. The minimum Gasteiger partial charge on any atom is -0.351 e. The topological polar surface area (TPSA) is 71.1 Å². The summed E-state index contributed by atoms with van der Waals surface area (Å²) >= 11 is 2.92. The van der Waals surface area contributed by atoms with Crippen LogP contribution in [0.25, 0.3) is 10.6 Å². The van der Waals surface area contributed by atoms with Crippen LogP contribution >= 0.6 is 22.7 Å². The maximum Gasteiger partial charge on any atom is 0.226 e. The van der Waals surface area contributed by atoms with E-state index in [0.29, 0.717) is 24.5 Å². The molecular weight excluding hydrogens is 385 g/mol. The van der Waals surface area contributed by atoms with Gasteiger partial charge < -0.3 is 10.6 Å². The summed E-state index contributed by atoms with van der Waals surface area (Å²) in [5.41, 5.74) is 1.71. The third-order valence-electron chi connectivity index (χ3n) is 3.73. The summed E-state index contributed by atoms with van der Waals surface area (Å²) in [6, 6.07) is 10.1. The Kier molecular flexibility index (Phi) is 6.31. The highest BCUT2D eigenvalue weighted by Crippen LogP contribution is 2.30. The van der Waals surface area contributed by atoms with Crippen LogP contribution in [-0.2, 0) is 22.6 Å². The van der Waals surface area contributed by atoms with Gasteiger partial charge in [0.05, 0.1) is 17.1 Å². The average molecular weight is 404 g/mol. The van der Waals surface area contributed by atoms with Gasteiger partial charge in [-0.1, -0.05) is 12.1 Å². The number of anilines is 1. The number of aryl methyl sites for hydroxylation is 1. The molecule has 0 spiro atoms. The Morgan fingerprint density at radius 3 is 2.67 bits per heavy atom. The number of thiophene rings is 1. The Morgan fingerprint density at radius 2 is 1.93 bits per heavy atom. The number of aromatic nitrogens is 1. The fourth-order valence-electron chi connectivity index (χ4n) is 2.36. The standard InChI is InChI=1S/C19H18FN3O2S2/c1-12(24)21-10-15-7-8-17(27-15)16-11-26-19(22-16)23-18(25)9-4-13-2-5-14(20)6-3-13/h2-3,5-8,11H,4,9-10H2,1H3,(H,21,24)(H,22,23,25). The monoisotopic (exact) mass is 403 g/mol.